The van der Waals surface area contributed by atoms with Crippen LogP contribution in [-0.4, -0.2) is 54.8 Å². The van der Waals surface area contributed by atoms with Gasteiger partial charge in [0.05, 0.1) is 54.5 Å². The molecule has 0 amide bonds. The molecule has 2 fully saturated rings. The van der Waals surface area contributed by atoms with E-state index in [-0.39, 0.29) is 23.2 Å². The van der Waals surface area contributed by atoms with Gasteiger partial charge in [0.15, 0.2) is 6.29 Å². The third kappa shape index (κ3) is 5.24. The summed E-state index contributed by atoms with van der Waals surface area (Å²) in [6.45, 7) is 17.9. The standard InChI is InChI=1S/C39H44N4O5/c1-9-22-19(3)26-14-27-20(4)24(11-12-33(45)46-8)36(42-27)25-13-32(44)34-21(5)28(43-37(25)34)15-30-23(10-2)35(31(41-30)16-29(22)40-26)38-47-17-39(6,7)18-48-38/h9,14-16,20,24,38,42,44H,1,10-13,17-18H2,2-8H3/t20-,24-/m0/s1. The van der Waals surface area contributed by atoms with Gasteiger partial charge in [0, 0.05) is 63.8 Å². The Morgan fingerprint density at radius 2 is 1.83 bits per heavy atom. The van der Waals surface area contributed by atoms with Crippen molar-refractivity contribution in [3.63, 3.8) is 0 Å². The number of esters is 1. The molecular formula is C39H44N4O5. The lowest BCUT2D eigenvalue weighted by Gasteiger charge is -2.35. The summed E-state index contributed by atoms with van der Waals surface area (Å²) in [5.74, 6) is 0.114. The van der Waals surface area contributed by atoms with Gasteiger partial charge in [0.1, 0.15) is 5.76 Å². The molecule has 8 bridgehead atoms. The summed E-state index contributed by atoms with van der Waals surface area (Å²) in [5.41, 5.74) is 13.2. The highest BCUT2D eigenvalue weighted by molar-refractivity contribution is 6.21. The van der Waals surface area contributed by atoms with Gasteiger partial charge >= 0.3 is 5.97 Å². The number of methoxy groups -OCH3 is 1. The van der Waals surface area contributed by atoms with E-state index in [0.717, 1.165) is 84.6 Å². The topological polar surface area (TPSA) is 114 Å². The highest BCUT2D eigenvalue weighted by atomic mass is 16.7. The second-order valence-electron chi connectivity index (χ2n) is 14.3. The van der Waals surface area contributed by atoms with E-state index in [4.69, 9.17) is 29.2 Å². The highest BCUT2D eigenvalue weighted by Gasteiger charge is 2.42. The largest absolute Gasteiger partial charge is 0.511 e. The van der Waals surface area contributed by atoms with E-state index >= 15 is 0 Å². The minimum Gasteiger partial charge on any atom is -0.511 e. The zero-order valence-electron chi connectivity index (χ0n) is 28.9. The van der Waals surface area contributed by atoms with Gasteiger partial charge in [-0.2, -0.15) is 0 Å². The summed E-state index contributed by atoms with van der Waals surface area (Å²) in [7, 11) is 1.42. The van der Waals surface area contributed by atoms with Gasteiger partial charge in [-0.3, -0.25) is 4.79 Å². The second kappa shape index (κ2) is 12.0. The first-order chi connectivity index (χ1) is 22.9. The maximum atomic E-state index is 12.3. The number of hydrogen-bond acceptors (Lipinski definition) is 9. The van der Waals surface area contributed by atoms with Gasteiger partial charge in [0.25, 0.3) is 0 Å². The fourth-order valence-electron chi connectivity index (χ4n) is 7.70. The van der Waals surface area contributed by atoms with Gasteiger partial charge in [-0.1, -0.05) is 40.3 Å². The maximum absolute atomic E-state index is 12.3. The van der Waals surface area contributed by atoms with Crippen LogP contribution in [-0.2, 0) is 19.0 Å². The van der Waals surface area contributed by atoms with Crippen LogP contribution in [0.4, 0.5) is 0 Å². The van der Waals surface area contributed by atoms with Gasteiger partial charge in [-0.05, 0) is 61.6 Å². The van der Waals surface area contributed by atoms with E-state index in [2.05, 4.69) is 52.6 Å². The van der Waals surface area contributed by atoms with E-state index in [1.807, 2.05) is 25.2 Å². The third-order valence-corrected chi connectivity index (χ3v) is 10.4. The number of carbonyl (C=O) groups excluding carboxylic acids is 1. The maximum Gasteiger partial charge on any atom is 0.305 e. The molecule has 1 aliphatic carbocycles. The van der Waals surface area contributed by atoms with Crippen molar-refractivity contribution in [3.8, 4) is 0 Å². The number of fused-ring (bicyclic) bond motifs is 5. The number of aliphatic hydroxyl groups is 1. The molecule has 0 saturated carbocycles. The molecule has 7 rings (SSSR count). The van der Waals surface area contributed by atoms with Crippen LogP contribution in [0.25, 0.3) is 0 Å². The quantitative estimate of drug-likeness (QED) is 0.295. The summed E-state index contributed by atoms with van der Waals surface area (Å²) in [6, 6.07) is 0. The summed E-state index contributed by atoms with van der Waals surface area (Å²) < 4.78 is 17.7. The number of ether oxygens (including phenoxy) is 3. The minimum absolute atomic E-state index is 0.00186. The Balaban J connectivity index is 1.44. The van der Waals surface area contributed by atoms with Crippen molar-refractivity contribution in [1.29, 1.82) is 0 Å². The molecule has 2 saturated heterocycles. The number of hydrogen-bond donors (Lipinski definition) is 2. The molecule has 0 aromatic rings. The zero-order chi connectivity index (χ0) is 34.1. The van der Waals surface area contributed by atoms with E-state index in [9.17, 15) is 9.90 Å². The van der Waals surface area contributed by atoms with Crippen molar-refractivity contribution in [2.24, 2.45) is 32.2 Å². The molecule has 9 nitrogen and oxygen atoms in total. The van der Waals surface area contributed by atoms with Gasteiger partial charge in [-0.25, -0.2) is 15.0 Å². The van der Waals surface area contributed by atoms with Crippen molar-refractivity contribution in [3.05, 3.63) is 104 Å². The van der Waals surface area contributed by atoms with Crippen LogP contribution in [0.15, 0.2) is 119 Å². The number of aliphatic hydroxyl groups excluding tert-OH is 1. The molecule has 0 aromatic carbocycles. The van der Waals surface area contributed by atoms with Crippen molar-refractivity contribution in [2.75, 3.05) is 20.3 Å². The smallest absolute Gasteiger partial charge is 0.305 e. The molecule has 2 atom stereocenters. The van der Waals surface area contributed by atoms with Gasteiger partial charge < -0.3 is 24.6 Å². The predicted octanol–water partition coefficient (Wildman–Crippen LogP) is 7.18. The number of nitrogens with zero attached hydrogens (tertiary/aromatic N) is 3. The first kappa shape index (κ1) is 32.2. The van der Waals surface area contributed by atoms with Crippen molar-refractivity contribution in [1.82, 2.24) is 5.32 Å². The van der Waals surface area contributed by atoms with Gasteiger partial charge in [0.2, 0.25) is 0 Å². The fourth-order valence-corrected chi connectivity index (χ4v) is 7.70. The Morgan fingerprint density at radius 3 is 2.52 bits per heavy atom. The zero-order valence-corrected chi connectivity index (χ0v) is 28.9. The molecule has 0 radical (unpaired) electrons. The number of carbonyl (C=O) groups is 1. The molecule has 6 aliphatic heterocycles. The Morgan fingerprint density at radius 1 is 1.10 bits per heavy atom. The molecule has 48 heavy (non-hydrogen) atoms. The lowest BCUT2D eigenvalue weighted by Crippen LogP contribution is -2.39. The predicted molar refractivity (Wildman–Crippen MR) is 187 cm³/mol. The van der Waals surface area contributed by atoms with Crippen LogP contribution < -0.4 is 5.32 Å². The van der Waals surface area contributed by atoms with Crippen LogP contribution >= 0.6 is 0 Å². The number of nitrogens with one attached hydrogen (secondary N) is 1. The summed E-state index contributed by atoms with van der Waals surface area (Å²) in [5, 5.41) is 15.1. The summed E-state index contributed by atoms with van der Waals surface area (Å²) in [4.78, 5) is 27.8. The average Bonchev–Trinajstić information content (AvgIpc) is 3.82. The highest BCUT2D eigenvalue weighted by Crippen LogP contribution is 2.47. The van der Waals surface area contributed by atoms with Crippen LogP contribution in [0.1, 0.15) is 67.2 Å². The summed E-state index contributed by atoms with van der Waals surface area (Å²) >= 11 is 0. The number of aliphatic imine (C=N–C) groups is 3. The van der Waals surface area contributed by atoms with E-state index in [1.165, 1.54) is 7.11 Å². The first-order valence-electron chi connectivity index (χ1n) is 16.9. The molecular weight excluding hydrogens is 604 g/mol. The Hall–Kier alpha value is -4.34. The number of rotatable bonds is 6. The molecule has 6 heterocycles. The van der Waals surface area contributed by atoms with Crippen molar-refractivity contribution in [2.45, 2.75) is 73.5 Å². The van der Waals surface area contributed by atoms with Crippen LogP contribution in [0, 0.1) is 17.3 Å². The molecule has 9 heteroatoms. The third-order valence-electron chi connectivity index (χ3n) is 10.4. The second-order valence-corrected chi connectivity index (χ2v) is 14.3. The first-order valence-corrected chi connectivity index (χ1v) is 16.9. The minimum atomic E-state index is -0.559. The van der Waals surface area contributed by atoms with Crippen LogP contribution in [0.3, 0.4) is 0 Å². The average molecular weight is 649 g/mol. The Labute approximate surface area is 282 Å². The lowest BCUT2D eigenvalue weighted by atomic mass is 9.86. The number of allylic oxidation sites excluding steroid dienone is 11. The van der Waals surface area contributed by atoms with Crippen molar-refractivity contribution < 1.29 is 24.1 Å². The van der Waals surface area contributed by atoms with E-state index in [1.54, 1.807) is 0 Å². The Bertz CT molecular complexity index is 1890. The monoisotopic (exact) mass is 648 g/mol. The lowest BCUT2D eigenvalue weighted by molar-refractivity contribution is -0.200. The normalized spacial score (nSPS) is 26.5. The van der Waals surface area contributed by atoms with Gasteiger partial charge in [-0.15, -0.1) is 0 Å². The molecule has 0 spiro atoms. The van der Waals surface area contributed by atoms with Crippen LogP contribution in [0.5, 0.6) is 0 Å². The molecule has 2 N–H and O–H groups in total. The Kier molecular flexibility index (Phi) is 8.03. The molecule has 250 valence electrons. The van der Waals surface area contributed by atoms with Crippen molar-refractivity contribution >= 4 is 23.1 Å². The SMILES string of the molecule is C=CC1=C(C)C2=NC1=CC1=NC(=CC3=C(C)C4=C(O)CC(=C5NC(=C2)[C@@H](C)[C@@H]5CCC(=O)OC)C4=N3)C(CC)=C1C1OCC(C)(C)CO1. The fraction of sp³-hybridized carbons (Fsp3) is 0.436. The van der Waals surface area contributed by atoms with E-state index < -0.39 is 6.29 Å². The molecule has 7 aliphatic rings. The summed E-state index contributed by atoms with van der Waals surface area (Å²) in [6.07, 6.45) is 9.42. The molecule has 0 aromatic heterocycles. The van der Waals surface area contributed by atoms with E-state index in [0.29, 0.717) is 44.7 Å². The molecule has 0 unspecified atom stereocenters. The van der Waals surface area contributed by atoms with Crippen LogP contribution in [0.2, 0.25) is 0 Å².